The Hall–Kier alpha value is -4.42. The summed E-state index contributed by atoms with van der Waals surface area (Å²) in [5.74, 6) is 0.770. The molecular formula is C33H36F3N7OS. The van der Waals surface area contributed by atoms with Crippen molar-refractivity contribution < 1.29 is 18.0 Å². The molecule has 0 unspecified atom stereocenters. The fourth-order valence-electron chi connectivity index (χ4n) is 4.32. The number of aryl methyl sites for hydroxylation is 2. The largest absolute Gasteiger partial charge is 0.416 e. The third-order valence-electron chi connectivity index (χ3n) is 6.46. The minimum Gasteiger partial charge on any atom is -0.322 e. The highest BCUT2D eigenvalue weighted by atomic mass is 32.1. The van der Waals surface area contributed by atoms with Gasteiger partial charge in [0, 0.05) is 28.6 Å². The second-order valence-corrected chi connectivity index (χ2v) is 11.3. The predicted molar refractivity (Wildman–Crippen MR) is 175 cm³/mol. The summed E-state index contributed by atoms with van der Waals surface area (Å²) in [5, 5.41) is 9.68. The van der Waals surface area contributed by atoms with Crippen LogP contribution in [0.15, 0.2) is 66.7 Å². The first-order valence-electron chi connectivity index (χ1n) is 14.7. The number of rotatable bonds is 10. The molecule has 3 heterocycles. The molecule has 1 amide bonds. The molecule has 0 saturated carbocycles. The summed E-state index contributed by atoms with van der Waals surface area (Å²) < 4.78 is 39.0. The highest BCUT2D eigenvalue weighted by molar-refractivity contribution is 7.21. The summed E-state index contributed by atoms with van der Waals surface area (Å²) in [5.41, 5.74) is 2.38. The molecule has 0 atom stereocenters. The number of nitrogens with zero attached hydrogens (tertiary/aromatic N) is 4. The van der Waals surface area contributed by atoms with Crippen molar-refractivity contribution in [2.24, 2.45) is 0 Å². The number of fused-ring (bicyclic) bond motifs is 1. The topological polar surface area (TPSA) is 105 Å². The van der Waals surface area contributed by atoms with E-state index in [4.69, 9.17) is 4.98 Å². The number of pyridine rings is 1. The number of benzene rings is 2. The third kappa shape index (κ3) is 9.79. The van der Waals surface area contributed by atoms with Crippen molar-refractivity contribution in [3.63, 3.8) is 0 Å². The lowest BCUT2D eigenvalue weighted by atomic mass is 10.1. The second-order valence-electron chi connectivity index (χ2n) is 10.3. The molecule has 0 bridgehead atoms. The van der Waals surface area contributed by atoms with Gasteiger partial charge in [-0.15, -0.1) is 0 Å². The van der Waals surface area contributed by atoms with Crippen LogP contribution in [0.5, 0.6) is 0 Å². The van der Waals surface area contributed by atoms with Gasteiger partial charge in [0.2, 0.25) is 0 Å². The molecule has 3 N–H and O–H groups in total. The van der Waals surface area contributed by atoms with E-state index >= 15 is 0 Å². The van der Waals surface area contributed by atoms with Crippen LogP contribution in [0.3, 0.4) is 0 Å². The van der Waals surface area contributed by atoms with Crippen LogP contribution >= 0.6 is 11.3 Å². The number of carbonyl (C=O) groups excluding carboxylic acids is 1. The number of aromatic nitrogens is 4. The molecule has 8 nitrogen and oxygen atoms in total. The average molecular weight is 636 g/mol. The van der Waals surface area contributed by atoms with Crippen molar-refractivity contribution in [2.45, 2.75) is 53.1 Å². The van der Waals surface area contributed by atoms with E-state index in [-0.39, 0.29) is 11.3 Å². The monoisotopic (exact) mass is 635 g/mol. The first-order valence-corrected chi connectivity index (χ1v) is 15.5. The number of hydrogen-bond acceptors (Lipinski definition) is 8. The van der Waals surface area contributed by atoms with Crippen LogP contribution in [0.2, 0.25) is 0 Å². The Bertz CT molecular complexity index is 1710. The molecule has 45 heavy (non-hydrogen) atoms. The van der Waals surface area contributed by atoms with E-state index in [9.17, 15) is 18.0 Å². The van der Waals surface area contributed by atoms with Crippen molar-refractivity contribution in [3.8, 4) is 11.3 Å². The Morgan fingerprint density at radius 1 is 0.867 bits per heavy atom. The molecule has 0 radical (unpaired) electrons. The van der Waals surface area contributed by atoms with Crippen LogP contribution in [0.1, 0.15) is 60.5 Å². The summed E-state index contributed by atoms with van der Waals surface area (Å²) >= 11 is 1.36. The number of unbranched alkanes of at least 4 members (excludes halogenated alkanes) is 1. The zero-order valence-electron chi connectivity index (χ0n) is 25.6. The van der Waals surface area contributed by atoms with Gasteiger partial charge in [0.25, 0.3) is 5.91 Å². The molecule has 12 heteroatoms. The van der Waals surface area contributed by atoms with Gasteiger partial charge < -0.3 is 16.0 Å². The molecule has 5 aromatic rings. The van der Waals surface area contributed by atoms with Gasteiger partial charge in [-0.25, -0.2) is 19.9 Å². The molecule has 3 aromatic heterocycles. The maximum absolute atomic E-state index is 13.0. The number of amides is 1. The smallest absolute Gasteiger partial charge is 0.322 e. The van der Waals surface area contributed by atoms with E-state index in [0.717, 1.165) is 17.8 Å². The molecule has 2 aromatic carbocycles. The van der Waals surface area contributed by atoms with Gasteiger partial charge in [-0.2, -0.15) is 13.2 Å². The van der Waals surface area contributed by atoms with E-state index < -0.39 is 17.6 Å². The molecule has 0 aliphatic carbocycles. The quantitative estimate of drug-likeness (QED) is 0.132. The molecule has 0 saturated heterocycles. The van der Waals surface area contributed by atoms with Crippen molar-refractivity contribution in [1.29, 1.82) is 0 Å². The van der Waals surface area contributed by atoms with Crippen molar-refractivity contribution in [1.82, 2.24) is 25.3 Å². The van der Waals surface area contributed by atoms with Crippen LogP contribution in [0.25, 0.3) is 21.6 Å². The Balaban J connectivity index is 0.000000510. The molecule has 0 aliphatic heterocycles. The van der Waals surface area contributed by atoms with E-state index in [1.807, 2.05) is 32.0 Å². The van der Waals surface area contributed by atoms with Crippen molar-refractivity contribution >= 4 is 44.2 Å². The molecule has 236 valence electrons. The summed E-state index contributed by atoms with van der Waals surface area (Å²) in [7, 11) is 0. The van der Waals surface area contributed by atoms with Gasteiger partial charge in [-0.3, -0.25) is 4.79 Å². The van der Waals surface area contributed by atoms with Gasteiger partial charge >= 0.3 is 6.18 Å². The number of carbonyl (C=O) groups is 1. The highest BCUT2D eigenvalue weighted by Crippen LogP contribution is 2.32. The van der Waals surface area contributed by atoms with E-state index in [1.54, 1.807) is 24.3 Å². The SMILES string of the molecule is CCCCNCCC.Cc1cc(Nc2nc3ccc(-c4cccc(C(=O)Nc5cccc(C(F)(F)F)c5)c4)nc3s2)nc(C)n1. The highest BCUT2D eigenvalue weighted by Gasteiger charge is 2.30. The number of anilines is 3. The maximum Gasteiger partial charge on any atom is 0.416 e. The number of nitrogens with one attached hydrogen (secondary N) is 3. The summed E-state index contributed by atoms with van der Waals surface area (Å²) in [6.07, 6.45) is -0.621. The number of thiazole rings is 1. The van der Waals surface area contributed by atoms with Crippen LogP contribution < -0.4 is 16.0 Å². The lowest BCUT2D eigenvalue weighted by Gasteiger charge is -2.10. The summed E-state index contributed by atoms with van der Waals surface area (Å²) in [4.78, 5) is 31.3. The maximum atomic E-state index is 13.0. The standard InChI is InChI=1S/C26H19F3N6OS.C7H17N/c1-14-11-22(31-15(2)30-14)35-25-34-21-10-9-20(33-24(21)37-25)16-5-3-6-17(12-16)23(36)32-19-8-4-7-18(13-19)26(27,28)29;1-3-5-7-8-6-4-2/h3-13H,1-2H3,(H,32,36)(H,30,31,34,35);8H,3-7H2,1-2H3. The number of alkyl halides is 3. The number of hydrogen-bond donors (Lipinski definition) is 3. The molecule has 5 rings (SSSR count). The van der Waals surface area contributed by atoms with Crippen LogP contribution in [-0.2, 0) is 6.18 Å². The second kappa shape index (κ2) is 15.5. The van der Waals surface area contributed by atoms with Gasteiger partial charge in [0.05, 0.1) is 11.3 Å². The average Bonchev–Trinajstić information content (AvgIpc) is 3.40. The Kier molecular flexibility index (Phi) is 11.6. The molecule has 0 spiro atoms. The third-order valence-corrected chi connectivity index (χ3v) is 7.34. The number of halogens is 3. The molecular weight excluding hydrogens is 599 g/mol. The van der Waals surface area contributed by atoms with Crippen LogP contribution in [-0.4, -0.2) is 38.9 Å². The van der Waals surface area contributed by atoms with Crippen molar-refractivity contribution in [3.05, 3.63) is 89.4 Å². The van der Waals surface area contributed by atoms with E-state index in [0.29, 0.717) is 38.4 Å². The van der Waals surface area contributed by atoms with Crippen LogP contribution in [0, 0.1) is 13.8 Å². The fraction of sp³-hybridized carbons (Fsp3) is 0.303. The van der Waals surface area contributed by atoms with Gasteiger partial charge in [-0.1, -0.05) is 49.8 Å². The van der Waals surface area contributed by atoms with E-state index in [1.165, 1.54) is 55.8 Å². The molecule has 0 fully saturated rings. The van der Waals surface area contributed by atoms with Gasteiger partial charge in [0.1, 0.15) is 22.0 Å². The lowest BCUT2D eigenvalue weighted by molar-refractivity contribution is -0.137. The Morgan fingerprint density at radius 3 is 2.40 bits per heavy atom. The van der Waals surface area contributed by atoms with Gasteiger partial charge in [0.15, 0.2) is 5.13 Å². The summed E-state index contributed by atoms with van der Waals surface area (Å²) in [6, 6.07) is 16.7. The first kappa shape index (κ1) is 33.5. The minimum absolute atomic E-state index is 0.0588. The van der Waals surface area contributed by atoms with Gasteiger partial charge in [-0.05, 0) is 82.2 Å². The van der Waals surface area contributed by atoms with Crippen LogP contribution in [0.4, 0.5) is 29.8 Å². The van der Waals surface area contributed by atoms with Crippen molar-refractivity contribution in [2.75, 3.05) is 23.7 Å². The minimum atomic E-state index is -4.50. The zero-order chi connectivity index (χ0) is 32.4. The lowest BCUT2D eigenvalue weighted by Crippen LogP contribution is -2.15. The zero-order valence-corrected chi connectivity index (χ0v) is 26.4. The van der Waals surface area contributed by atoms with E-state index in [2.05, 4.69) is 44.7 Å². The first-order chi connectivity index (χ1) is 21.5. The Labute approximate surface area is 264 Å². The molecule has 0 aliphatic rings. The predicted octanol–water partition coefficient (Wildman–Crippen LogP) is 8.57. The Morgan fingerprint density at radius 2 is 1.67 bits per heavy atom. The fourth-order valence-corrected chi connectivity index (χ4v) is 5.17. The normalized spacial score (nSPS) is 11.2. The summed E-state index contributed by atoms with van der Waals surface area (Å²) in [6.45, 7) is 10.5.